The molecule has 0 heterocycles. The Morgan fingerprint density at radius 2 is 2.26 bits per heavy atom. The van der Waals surface area contributed by atoms with Crippen molar-refractivity contribution in [1.82, 2.24) is 0 Å². The van der Waals surface area contributed by atoms with Gasteiger partial charge in [0.1, 0.15) is 6.29 Å². The molecule has 1 aromatic rings. The summed E-state index contributed by atoms with van der Waals surface area (Å²) in [5.41, 5.74) is 2.30. The molecule has 0 aromatic heterocycles. The van der Waals surface area contributed by atoms with Crippen LogP contribution in [0.3, 0.4) is 0 Å². The normalized spacial score (nSPS) is 13.5. The molecule has 100 valence electrons. The molecule has 0 spiro atoms. The molecule has 1 aromatic carbocycles. The van der Waals surface area contributed by atoms with E-state index in [0.29, 0.717) is 0 Å². The fraction of sp³-hybridized carbons (Fsp3) is 0.235. The van der Waals surface area contributed by atoms with E-state index in [0.717, 1.165) is 35.3 Å². The summed E-state index contributed by atoms with van der Waals surface area (Å²) in [6.45, 7) is 5.58. The van der Waals surface area contributed by atoms with Crippen molar-refractivity contribution >= 4 is 17.9 Å². The molecule has 1 rings (SSSR count). The first-order chi connectivity index (χ1) is 9.15. The van der Waals surface area contributed by atoms with Crippen molar-refractivity contribution in [3.63, 3.8) is 0 Å². The molecule has 0 radical (unpaired) electrons. The molecule has 0 bridgehead atoms. The summed E-state index contributed by atoms with van der Waals surface area (Å²) in [5.74, 6) is 0.0278. The van der Waals surface area contributed by atoms with Gasteiger partial charge in [0.15, 0.2) is 0 Å². The van der Waals surface area contributed by atoms with Gasteiger partial charge in [-0.05, 0) is 30.5 Å². The van der Waals surface area contributed by atoms with Crippen LogP contribution in [-0.4, -0.2) is 6.29 Å². The van der Waals surface area contributed by atoms with E-state index in [-0.39, 0.29) is 5.92 Å². The zero-order valence-corrected chi connectivity index (χ0v) is 11.9. The molecule has 0 aliphatic carbocycles. The van der Waals surface area contributed by atoms with Crippen molar-refractivity contribution in [1.29, 1.82) is 0 Å². The first-order valence-electron chi connectivity index (χ1n) is 6.33. The molecule has 0 amide bonds. The van der Waals surface area contributed by atoms with Gasteiger partial charge in [0.2, 0.25) is 0 Å². The van der Waals surface area contributed by atoms with Gasteiger partial charge in [0.05, 0.1) is 0 Å². The van der Waals surface area contributed by atoms with Crippen LogP contribution in [-0.2, 0) is 11.2 Å². The number of carbonyl (C=O) groups excluding carboxylic acids is 1. The summed E-state index contributed by atoms with van der Waals surface area (Å²) in [7, 11) is 0. The van der Waals surface area contributed by atoms with E-state index in [1.54, 1.807) is 6.08 Å². The van der Waals surface area contributed by atoms with Crippen molar-refractivity contribution in [3.8, 4) is 0 Å². The van der Waals surface area contributed by atoms with Crippen molar-refractivity contribution in [2.45, 2.75) is 19.8 Å². The van der Waals surface area contributed by atoms with Gasteiger partial charge in [-0.25, -0.2) is 0 Å². The van der Waals surface area contributed by atoms with Crippen LogP contribution >= 0.6 is 11.6 Å². The van der Waals surface area contributed by atoms with E-state index >= 15 is 0 Å². The lowest BCUT2D eigenvalue weighted by Crippen LogP contribution is -1.97. The summed E-state index contributed by atoms with van der Waals surface area (Å²) in [5, 5.41) is 0.746. The smallest absolute Gasteiger partial charge is 0.123 e. The summed E-state index contributed by atoms with van der Waals surface area (Å²) in [6.07, 6.45) is 10.3. The van der Waals surface area contributed by atoms with Crippen LogP contribution in [0.1, 0.15) is 18.9 Å². The second kappa shape index (κ2) is 8.49. The lowest BCUT2D eigenvalue weighted by molar-refractivity contribution is -0.110. The van der Waals surface area contributed by atoms with Crippen LogP contribution in [0.2, 0.25) is 5.02 Å². The fourth-order valence-electron chi connectivity index (χ4n) is 1.74. The standard InChI is InChI=1S/C17H19ClO/c1-3-4-6-15(11-14(2)13-19)9-10-16-7-5-8-17(18)12-16/h3-9,12-14H,1,10-11H2,2H3/b6-4-,15-9+. The minimum absolute atomic E-state index is 0.0278. The van der Waals surface area contributed by atoms with Crippen LogP contribution in [0.4, 0.5) is 0 Å². The zero-order chi connectivity index (χ0) is 14.1. The first kappa shape index (κ1) is 15.5. The van der Waals surface area contributed by atoms with Crippen molar-refractivity contribution in [3.05, 3.63) is 71.3 Å². The highest BCUT2D eigenvalue weighted by molar-refractivity contribution is 6.30. The van der Waals surface area contributed by atoms with Crippen LogP contribution in [0, 0.1) is 5.92 Å². The number of hydrogen-bond acceptors (Lipinski definition) is 1. The zero-order valence-electron chi connectivity index (χ0n) is 11.2. The average molecular weight is 275 g/mol. The minimum atomic E-state index is 0.0278. The monoisotopic (exact) mass is 274 g/mol. The average Bonchev–Trinajstić information content (AvgIpc) is 2.41. The summed E-state index contributed by atoms with van der Waals surface area (Å²) in [6, 6.07) is 7.80. The van der Waals surface area contributed by atoms with Crippen LogP contribution in [0.5, 0.6) is 0 Å². The number of aldehydes is 1. The Balaban J connectivity index is 2.78. The molecular formula is C17H19ClO. The Bertz CT molecular complexity index is 486. The maximum Gasteiger partial charge on any atom is 0.123 e. The van der Waals surface area contributed by atoms with Gasteiger partial charge in [-0.2, -0.15) is 0 Å². The molecule has 1 atom stereocenters. The SMILES string of the molecule is C=C/C=C\C(=C/Cc1cccc(Cl)c1)CC(C)C=O. The molecule has 2 heteroatoms. The molecule has 0 fully saturated rings. The highest BCUT2D eigenvalue weighted by Gasteiger charge is 2.02. The van der Waals surface area contributed by atoms with E-state index in [1.165, 1.54) is 0 Å². The van der Waals surface area contributed by atoms with Crippen molar-refractivity contribution in [2.75, 3.05) is 0 Å². The van der Waals surface area contributed by atoms with Crippen LogP contribution < -0.4 is 0 Å². The molecule has 0 saturated carbocycles. The summed E-state index contributed by atoms with van der Waals surface area (Å²) < 4.78 is 0. The molecule has 0 saturated heterocycles. The molecule has 0 N–H and O–H groups in total. The number of halogens is 1. The van der Waals surface area contributed by atoms with E-state index in [2.05, 4.69) is 12.7 Å². The quantitative estimate of drug-likeness (QED) is 0.517. The molecule has 0 aliphatic rings. The third kappa shape index (κ3) is 6.21. The van der Waals surface area contributed by atoms with Gasteiger partial charge in [-0.3, -0.25) is 0 Å². The molecule has 0 aliphatic heterocycles. The molecule has 19 heavy (non-hydrogen) atoms. The summed E-state index contributed by atoms with van der Waals surface area (Å²) >= 11 is 5.96. The van der Waals surface area contributed by atoms with Gasteiger partial charge in [-0.15, -0.1) is 0 Å². The molecule has 1 unspecified atom stereocenters. The predicted octanol–water partition coefficient (Wildman–Crippen LogP) is 4.78. The van der Waals surface area contributed by atoms with Gasteiger partial charge >= 0.3 is 0 Å². The fourth-order valence-corrected chi connectivity index (χ4v) is 1.96. The van der Waals surface area contributed by atoms with Gasteiger partial charge in [0.25, 0.3) is 0 Å². The molecule has 1 nitrogen and oxygen atoms in total. The number of rotatable bonds is 7. The van der Waals surface area contributed by atoms with Gasteiger partial charge in [-0.1, -0.05) is 67.1 Å². The Kier molecular flexibility index (Phi) is 6.91. The topological polar surface area (TPSA) is 17.1 Å². The second-order valence-corrected chi connectivity index (χ2v) is 4.96. The van der Waals surface area contributed by atoms with E-state index < -0.39 is 0 Å². The van der Waals surface area contributed by atoms with Crippen LogP contribution in [0.15, 0.2) is 60.7 Å². The third-order valence-electron chi connectivity index (χ3n) is 2.73. The van der Waals surface area contributed by atoms with E-state index in [1.807, 2.05) is 43.3 Å². The van der Waals surface area contributed by atoms with E-state index in [9.17, 15) is 4.79 Å². The van der Waals surface area contributed by atoms with E-state index in [4.69, 9.17) is 11.6 Å². The Morgan fingerprint density at radius 3 is 2.89 bits per heavy atom. The predicted molar refractivity (Wildman–Crippen MR) is 82.4 cm³/mol. The lowest BCUT2D eigenvalue weighted by Gasteiger charge is -2.05. The number of hydrogen-bond donors (Lipinski definition) is 0. The number of benzene rings is 1. The highest BCUT2D eigenvalue weighted by atomic mass is 35.5. The largest absolute Gasteiger partial charge is 0.303 e. The first-order valence-corrected chi connectivity index (χ1v) is 6.71. The van der Waals surface area contributed by atoms with Crippen molar-refractivity contribution < 1.29 is 4.79 Å². The summed E-state index contributed by atoms with van der Waals surface area (Å²) in [4.78, 5) is 10.7. The second-order valence-electron chi connectivity index (χ2n) is 4.53. The Hall–Kier alpha value is -1.60. The lowest BCUT2D eigenvalue weighted by atomic mass is 10.00. The maximum absolute atomic E-state index is 10.7. The Morgan fingerprint density at radius 1 is 1.47 bits per heavy atom. The highest BCUT2D eigenvalue weighted by Crippen LogP contribution is 2.15. The Labute approximate surface area is 120 Å². The van der Waals surface area contributed by atoms with Gasteiger partial charge < -0.3 is 4.79 Å². The number of carbonyl (C=O) groups is 1. The number of allylic oxidation sites excluding steroid dienone is 5. The van der Waals surface area contributed by atoms with Crippen LogP contribution in [0.25, 0.3) is 0 Å². The maximum atomic E-state index is 10.7. The minimum Gasteiger partial charge on any atom is -0.303 e. The van der Waals surface area contributed by atoms with Gasteiger partial charge in [0, 0.05) is 10.9 Å². The third-order valence-corrected chi connectivity index (χ3v) is 2.96. The molecular weight excluding hydrogens is 256 g/mol. The van der Waals surface area contributed by atoms with Crippen molar-refractivity contribution in [2.24, 2.45) is 5.92 Å².